The molecule has 2 N–H and O–H groups in total. The van der Waals surface area contributed by atoms with E-state index < -0.39 is 0 Å². The molecule has 0 saturated carbocycles. The van der Waals surface area contributed by atoms with Crippen molar-refractivity contribution in [3.05, 3.63) is 34.5 Å². The minimum Gasteiger partial charge on any atom is -0.451 e. The highest BCUT2D eigenvalue weighted by molar-refractivity contribution is 6.31. The fraction of sp³-hybridized carbons (Fsp3) is 0.357. The Morgan fingerprint density at radius 1 is 1.37 bits per heavy atom. The molecule has 0 saturated heterocycles. The number of nitrogens with one attached hydrogen (secondary N) is 2. The molecule has 0 unspecified atom stereocenters. The molecule has 19 heavy (non-hydrogen) atoms. The lowest BCUT2D eigenvalue weighted by atomic mass is 10.1. The number of carbonyl (C=O) groups excluding carboxylic acids is 1. The maximum atomic E-state index is 12.0. The van der Waals surface area contributed by atoms with Gasteiger partial charge in [0.15, 0.2) is 5.76 Å². The van der Waals surface area contributed by atoms with Gasteiger partial charge in [0.2, 0.25) is 0 Å². The Morgan fingerprint density at radius 3 is 2.89 bits per heavy atom. The zero-order valence-corrected chi connectivity index (χ0v) is 11.8. The summed E-state index contributed by atoms with van der Waals surface area (Å²) in [6.45, 7) is 3.36. The molecule has 1 aromatic carbocycles. The molecule has 0 aliphatic rings. The van der Waals surface area contributed by atoms with E-state index in [2.05, 4.69) is 10.6 Å². The maximum Gasteiger partial charge on any atom is 0.287 e. The second-order valence-electron chi connectivity index (χ2n) is 4.41. The molecule has 102 valence electrons. The first-order valence-corrected chi connectivity index (χ1v) is 6.62. The van der Waals surface area contributed by atoms with Crippen LogP contribution in [0.2, 0.25) is 5.02 Å². The van der Waals surface area contributed by atoms with E-state index in [4.69, 9.17) is 16.0 Å². The Hall–Kier alpha value is -1.52. The first kappa shape index (κ1) is 13.9. The van der Waals surface area contributed by atoms with Crippen molar-refractivity contribution in [2.45, 2.75) is 13.3 Å². The smallest absolute Gasteiger partial charge is 0.287 e. The van der Waals surface area contributed by atoms with Crippen LogP contribution >= 0.6 is 11.6 Å². The average molecular weight is 281 g/mol. The van der Waals surface area contributed by atoms with Crippen LogP contribution in [0.3, 0.4) is 0 Å². The fourth-order valence-corrected chi connectivity index (χ4v) is 2.13. The summed E-state index contributed by atoms with van der Waals surface area (Å²) in [6.07, 6.45) is 0.882. The van der Waals surface area contributed by atoms with Crippen molar-refractivity contribution in [1.29, 1.82) is 0 Å². The number of carbonyl (C=O) groups is 1. The molecule has 4 nitrogen and oxygen atoms in total. The van der Waals surface area contributed by atoms with Crippen LogP contribution in [0.15, 0.2) is 22.6 Å². The Bertz CT molecular complexity index is 592. The summed E-state index contributed by atoms with van der Waals surface area (Å²) < 4.78 is 5.59. The normalized spacial score (nSPS) is 10.9. The quantitative estimate of drug-likeness (QED) is 0.828. The van der Waals surface area contributed by atoms with E-state index in [1.54, 1.807) is 12.1 Å². The van der Waals surface area contributed by atoms with Gasteiger partial charge in [-0.2, -0.15) is 0 Å². The van der Waals surface area contributed by atoms with E-state index in [0.717, 1.165) is 23.9 Å². The van der Waals surface area contributed by atoms with Crippen molar-refractivity contribution in [2.24, 2.45) is 0 Å². The highest BCUT2D eigenvalue weighted by Crippen LogP contribution is 2.27. The molecule has 0 bridgehead atoms. The first-order valence-electron chi connectivity index (χ1n) is 6.25. The van der Waals surface area contributed by atoms with Gasteiger partial charge in [0.25, 0.3) is 5.91 Å². The third-order valence-corrected chi connectivity index (χ3v) is 3.23. The minimum atomic E-state index is -0.180. The lowest BCUT2D eigenvalue weighted by Crippen LogP contribution is -2.26. The van der Waals surface area contributed by atoms with Gasteiger partial charge in [-0.1, -0.05) is 11.6 Å². The molecule has 0 radical (unpaired) electrons. The summed E-state index contributed by atoms with van der Waals surface area (Å²) in [4.78, 5) is 12.0. The number of fused-ring (bicyclic) bond motifs is 1. The standard InChI is InChI=1S/C14H17ClN2O2/c1-9-11-8-10(15)4-5-12(11)19-13(9)14(18)17-7-3-6-16-2/h4-5,8,16H,3,6-7H2,1-2H3,(H,17,18). The van der Waals surface area contributed by atoms with Crippen LogP contribution in [0.4, 0.5) is 0 Å². The zero-order chi connectivity index (χ0) is 13.8. The van der Waals surface area contributed by atoms with Gasteiger partial charge in [0, 0.05) is 22.5 Å². The van der Waals surface area contributed by atoms with Gasteiger partial charge in [-0.15, -0.1) is 0 Å². The largest absolute Gasteiger partial charge is 0.451 e. The SMILES string of the molecule is CNCCCNC(=O)c1oc2ccc(Cl)cc2c1C. The van der Waals surface area contributed by atoms with Crippen molar-refractivity contribution in [2.75, 3.05) is 20.1 Å². The number of hydrogen-bond donors (Lipinski definition) is 2. The van der Waals surface area contributed by atoms with Gasteiger partial charge in [-0.05, 0) is 45.1 Å². The van der Waals surface area contributed by atoms with E-state index in [1.807, 2.05) is 20.0 Å². The maximum absolute atomic E-state index is 12.0. The second kappa shape index (κ2) is 6.08. The van der Waals surface area contributed by atoms with Crippen molar-refractivity contribution in [3.8, 4) is 0 Å². The highest BCUT2D eigenvalue weighted by atomic mass is 35.5. The van der Waals surface area contributed by atoms with Crippen LogP contribution in [0.25, 0.3) is 11.0 Å². The fourth-order valence-electron chi connectivity index (χ4n) is 1.96. The van der Waals surface area contributed by atoms with Crippen LogP contribution in [0.5, 0.6) is 0 Å². The minimum absolute atomic E-state index is 0.180. The number of amides is 1. The van der Waals surface area contributed by atoms with Gasteiger partial charge < -0.3 is 15.1 Å². The Labute approximate surface area is 117 Å². The molecule has 0 atom stereocenters. The third-order valence-electron chi connectivity index (χ3n) is 2.99. The number of benzene rings is 1. The van der Waals surface area contributed by atoms with Gasteiger partial charge in [-0.25, -0.2) is 0 Å². The molecule has 5 heteroatoms. The van der Waals surface area contributed by atoms with E-state index in [1.165, 1.54) is 0 Å². The van der Waals surface area contributed by atoms with Crippen molar-refractivity contribution >= 4 is 28.5 Å². The molecule has 2 rings (SSSR count). The van der Waals surface area contributed by atoms with Gasteiger partial charge in [0.1, 0.15) is 5.58 Å². The highest BCUT2D eigenvalue weighted by Gasteiger charge is 2.17. The first-order chi connectivity index (χ1) is 9.13. The predicted molar refractivity (Wildman–Crippen MR) is 76.8 cm³/mol. The van der Waals surface area contributed by atoms with Gasteiger partial charge in [0.05, 0.1) is 0 Å². The molecule has 0 spiro atoms. The van der Waals surface area contributed by atoms with Crippen LogP contribution in [0, 0.1) is 6.92 Å². The average Bonchev–Trinajstić information content (AvgIpc) is 2.72. The summed E-state index contributed by atoms with van der Waals surface area (Å²) >= 11 is 5.95. The number of hydrogen-bond acceptors (Lipinski definition) is 3. The Balaban J connectivity index is 2.16. The summed E-state index contributed by atoms with van der Waals surface area (Å²) in [7, 11) is 1.88. The molecule has 1 heterocycles. The number of furan rings is 1. The number of aryl methyl sites for hydroxylation is 1. The lowest BCUT2D eigenvalue weighted by Gasteiger charge is -2.03. The van der Waals surface area contributed by atoms with Crippen LogP contribution in [0.1, 0.15) is 22.5 Å². The van der Waals surface area contributed by atoms with Crippen LogP contribution in [-0.4, -0.2) is 26.0 Å². The Morgan fingerprint density at radius 2 is 2.16 bits per heavy atom. The summed E-state index contributed by atoms with van der Waals surface area (Å²) in [5.74, 6) is 0.183. The number of halogens is 1. The van der Waals surface area contributed by atoms with E-state index in [9.17, 15) is 4.79 Å². The monoisotopic (exact) mass is 280 g/mol. The zero-order valence-electron chi connectivity index (χ0n) is 11.0. The van der Waals surface area contributed by atoms with Crippen LogP contribution < -0.4 is 10.6 Å². The van der Waals surface area contributed by atoms with Gasteiger partial charge >= 0.3 is 0 Å². The van der Waals surface area contributed by atoms with E-state index in [0.29, 0.717) is 22.9 Å². The Kier molecular flexibility index (Phi) is 4.45. The molecular formula is C14H17ClN2O2. The van der Waals surface area contributed by atoms with E-state index >= 15 is 0 Å². The molecule has 1 amide bonds. The van der Waals surface area contributed by atoms with Crippen molar-refractivity contribution < 1.29 is 9.21 Å². The van der Waals surface area contributed by atoms with Crippen LogP contribution in [-0.2, 0) is 0 Å². The molecule has 0 aliphatic carbocycles. The summed E-state index contributed by atoms with van der Waals surface area (Å²) in [5.41, 5.74) is 1.51. The lowest BCUT2D eigenvalue weighted by molar-refractivity contribution is 0.0927. The van der Waals surface area contributed by atoms with E-state index in [-0.39, 0.29) is 5.91 Å². The molecular weight excluding hydrogens is 264 g/mol. The molecule has 0 fully saturated rings. The third kappa shape index (κ3) is 3.08. The van der Waals surface area contributed by atoms with Crippen molar-refractivity contribution in [3.63, 3.8) is 0 Å². The molecule has 1 aromatic heterocycles. The molecule has 2 aromatic rings. The van der Waals surface area contributed by atoms with Gasteiger partial charge in [-0.3, -0.25) is 4.79 Å². The molecule has 0 aliphatic heterocycles. The number of rotatable bonds is 5. The topological polar surface area (TPSA) is 54.3 Å². The summed E-state index contributed by atoms with van der Waals surface area (Å²) in [6, 6.07) is 5.34. The second-order valence-corrected chi connectivity index (χ2v) is 4.85. The summed E-state index contributed by atoms with van der Waals surface area (Å²) in [5, 5.41) is 7.39. The predicted octanol–water partition coefficient (Wildman–Crippen LogP) is 2.73. The van der Waals surface area contributed by atoms with Crippen molar-refractivity contribution in [1.82, 2.24) is 10.6 Å².